The van der Waals surface area contributed by atoms with Crippen LogP contribution in [0.15, 0.2) is 30.3 Å². The SMILES string of the molecule is [NH]N(C(=O)OCc1ccccc1)[C@@H](CO)C(=O)O. The third kappa shape index (κ3) is 3.72. The zero-order valence-electron chi connectivity index (χ0n) is 9.44. The van der Waals surface area contributed by atoms with Crippen LogP contribution in [0.4, 0.5) is 4.79 Å². The molecule has 0 heterocycles. The van der Waals surface area contributed by atoms with E-state index in [0.29, 0.717) is 0 Å². The molecule has 1 atom stereocenters. The van der Waals surface area contributed by atoms with Crippen molar-refractivity contribution in [3.63, 3.8) is 0 Å². The number of nitrogens with one attached hydrogen (secondary N) is 1. The summed E-state index contributed by atoms with van der Waals surface area (Å²) in [4.78, 5) is 22.0. The van der Waals surface area contributed by atoms with Gasteiger partial charge in [0.25, 0.3) is 0 Å². The Kier molecular flexibility index (Phi) is 5.09. The molecule has 0 saturated carbocycles. The van der Waals surface area contributed by atoms with Crippen molar-refractivity contribution in [3.8, 4) is 0 Å². The lowest BCUT2D eigenvalue weighted by Gasteiger charge is -2.20. The zero-order valence-corrected chi connectivity index (χ0v) is 9.44. The fraction of sp³-hybridized carbons (Fsp3) is 0.273. The molecule has 0 spiro atoms. The Balaban J connectivity index is 2.52. The molecule has 0 unspecified atom stereocenters. The number of carbonyl (C=O) groups excluding carboxylic acids is 1. The lowest BCUT2D eigenvalue weighted by molar-refractivity contribution is -0.144. The highest BCUT2D eigenvalue weighted by Gasteiger charge is 2.28. The zero-order chi connectivity index (χ0) is 13.5. The van der Waals surface area contributed by atoms with E-state index in [2.05, 4.69) is 0 Å². The number of amides is 1. The van der Waals surface area contributed by atoms with Gasteiger partial charge in [-0.05, 0) is 5.56 Å². The maximum absolute atomic E-state index is 11.4. The van der Waals surface area contributed by atoms with E-state index in [0.717, 1.165) is 5.56 Å². The molecule has 97 valence electrons. The van der Waals surface area contributed by atoms with Gasteiger partial charge in [0, 0.05) is 0 Å². The first-order chi connectivity index (χ1) is 8.56. The predicted octanol–water partition coefficient (Wildman–Crippen LogP) is 0.269. The number of ether oxygens (including phenoxy) is 1. The Morgan fingerprint density at radius 2 is 1.94 bits per heavy atom. The number of nitrogens with zero attached hydrogens (tertiary/aromatic N) is 1. The summed E-state index contributed by atoms with van der Waals surface area (Å²) in [7, 11) is 0. The summed E-state index contributed by atoms with van der Waals surface area (Å²) < 4.78 is 4.75. The van der Waals surface area contributed by atoms with Crippen molar-refractivity contribution in [2.24, 2.45) is 0 Å². The second-order valence-corrected chi connectivity index (χ2v) is 3.45. The summed E-state index contributed by atoms with van der Waals surface area (Å²) in [6, 6.07) is 7.14. The van der Waals surface area contributed by atoms with Gasteiger partial charge in [0.1, 0.15) is 6.61 Å². The van der Waals surface area contributed by atoms with Gasteiger partial charge in [-0.2, -0.15) is 0 Å². The van der Waals surface area contributed by atoms with Crippen LogP contribution in [0.5, 0.6) is 0 Å². The number of carbonyl (C=O) groups is 2. The molecule has 18 heavy (non-hydrogen) atoms. The van der Waals surface area contributed by atoms with Crippen molar-refractivity contribution in [1.82, 2.24) is 10.9 Å². The number of carboxylic acid groups (broad SMARTS) is 1. The standard InChI is InChI=1S/C11H13N2O5/c12-13(9(6-14)10(15)16)11(17)18-7-8-4-2-1-3-5-8/h1-5,9,12,14H,6-7H2,(H,15,16)/t9-/m0/s1. The summed E-state index contributed by atoms with van der Waals surface area (Å²) in [6.07, 6.45) is -1.12. The molecule has 1 radical (unpaired) electrons. The first kappa shape index (κ1) is 13.9. The number of aliphatic hydroxyl groups excluding tert-OH is 1. The van der Waals surface area contributed by atoms with Gasteiger partial charge in [0.05, 0.1) is 6.61 Å². The fourth-order valence-corrected chi connectivity index (χ4v) is 1.19. The van der Waals surface area contributed by atoms with E-state index in [9.17, 15) is 9.59 Å². The van der Waals surface area contributed by atoms with Crippen LogP contribution in [0.3, 0.4) is 0 Å². The number of hydrogen-bond donors (Lipinski definition) is 2. The van der Waals surface area contributed by atoms with E-state index in [1.807, 2.05) is 0 Å². The van der Waals surface area contributed by atoms with Crippen molar-refractivity contribution in [3.05, 3.63) is 35.9 Å². The van der Waals surface area contributed by atoms with E-state index in [-0.39, 0.29) is 11.6 Å². The largest absolute Gasteiger partial charge is 0.480 e. The molecule has 0 saturated heterocycles. The van der Waals surface area contributed by atoms with Crippen LogP contribution in [-0.4, -0.2) is 39.9 Å². The molecule has 1 aromatic carbocycles. The number of hydrogen-bond acceptors (Lipinski definition) is 4. The lowest BCUT2D eigenvalue weighted by atomic mass is 10.2. The summed E-state index contributed by atoms with van der Waals surface area (Å²) >= 11 is 0. The van der Waals surface area contributed by atoms with Gasteiger partial charge < -0.3 is 14.9 Å². The van der Waals surface area contributed by atoms with E-state index in [1.165, 1.54) is 0 Å². The Morgan fingerprint density at radius 3 is 2.44 bits per heavy atom. The van der Waals surface area contributed by atoms with Crippen LogP contribution in [0.2, 0.25) is 0 Å². The summed E-state index contributed by atoms with van der Waals surface area (Å²) in [5, 5.41) is 17.5. The third-order valence-electron chi connectivity index (χ3n) is 2.17. The third-order valence-corrected chi connectivity index (χ3v) is 2.17. The van der Waals surface area contributed by atoms with Crippen LogP contribution < -0.4 is 5.84 Å². The van der Waals surface area contributed by atoms with Crippen LogP contribution in [-0.2, 0) is 16.1 Å². The quantitative estimate of drug-likeness (QED) is 0.731. The highest BCUT2D eigenvalue weighted by molar-refractivity contribution is 5.79. The monoisotopic (exact) mass is 253 g/mol. The normalized spacial score (nSPS) is 11.7. The first-order valence-corrected chi connectivity index (χ1v) is 5.11. The highest BCUT2D eigenvalue weighted by atomic mass is 16.6. The van der Waals surface area contributed by atoms with E-state index in [4.69, 9.17) is 20.8 Å². The second kappa shape index (κ2) is 6.58. The number of benzene rings is 1. The van der Waals surface area contributed by atoms with E-state index >= 15 is 0 Å². The molecule has 7 nitrogen and oxygen atoms in total. The molecule has 0 fully saturated rings. The molecular weight excluding hydrogens is 240 g/mol. The van der Waals surface area contributed by atoms with Gasteiger partial charge in [-0.15, -0.1) is 5.84 Å². The molecule has 1 aromatic rings. The molecular formula is C11H13N2O5. The number of carboxylic acids is 1. The molecule has 0 aliphatic carbocycles. The Morgan fingerprint density at radius 1 is 1.33 bits per heavy atom. The van der Waals surface area contributed by atoms with Crippen molar-refractivity contribution in [2.75, 3.05) is 6.61 Å². The maximum Gasteiger partial charge on any atom is 0.426 e. The average molecular weight is 253 g/mol. The van der Waals surface area contributed by atoms with Crippen molar-refractivity contribution in [1.29, 1.82) is 0 Å². The van der Waals surface area contributed by atoms with E-state index < -0.39 is 24.7 Å². The van der Waals surface area contributed by atoms with Crippen LogP contribution in [0.25, 0.3) is 0 Å². The lowest BCUT2D eigenvalue weighted by Crippen LogP contribution is -2.46. The topological polar surface area (TPSA) is 111 Å². The van der Waals surface area contributed by atoms with Crippen molar-refractivity contribution >= 4 is 12.1 Å². The summed E-state index contributed by atoms with van der Waals surface area (Å²) in [5.41, 5.74) is 0.718. The minimum absolute atomic E-state index is 0.0627. The van der Waals surface area contributed by atoms with Gasteiger partial charge in [-0.1, -0.05) is 30.3 Å². The molecule has 0 aromatic heterocycles. The summed E-state index contributed by atoms with van der Waals surface area (Å²) in [6.45, 7) is -0.911. The Bertz CT molecular complexity index is 409. The molecule has 3 N–H and O–H groups in total. The molecule has 7 heteroatoms. The summed E-state index contributed by atoms with van der Waals surface area (Å²) in [5.74, 6) is 5.78. The van der Waals surface area contributed by atoms with Gasteiger partial charge >= 0.3 is 12.1 Å². The number of aliphatic hydroxyl groups is 1. The average Bonchev–Trinajstić information content (AvgIpc) is 2.37. The second-order valence-electron chi connectivity index (χ2n) is 3.45. The molecule has 1 amide bonds. The molecule has 0 bridgehead atoms. The molecule has 0 aliphatic heterocycles. The highest BCUT2D eigenvalue weighted by Crippen LogP contribution is 2.04. The van der Waals surface area contributed by atoms with Crippen molar-refractivity contribution < 1.29 is 24.5 Å². The van der Waals surface area contributed by atoms with Crippen LogP contribution in [0.1, 0.15) is 5.56 Å². The fourth-order valence-electron chi connectivity index (χ4n) is 1.19. The minimum Gasteiger partial charge on any atom is -0.480 e. The minimum atomic E-state index is -1.63. The maximum atomic E-state index is 11.4. The van der Waals surface area contributed by atoms with Gasteiger partial charge in [-0.3, -0.25) is 0 Å². The Labute approximate surface area is 103 Å². The van der Waals surface area contributed by atoms with Crippen LogP contribution in [0, 0.1) is 0 Å². The molecule has 0 aliphatic rings. The van der Waals surface area contributed by atoms with Gasteiger partial charge in [-0.25, -0.2) is 14.6 Å². The number of rotatable bonds is 5. The first-order valence-electron chi connectivity index (χ1n) is 5.11. The predicted molar refractivity (Wildman–Crippen MR) is 60.1 cm³/mol. The smallest absolute Gasteiger partial charge is 0.426 e. The van der Waals surface area contributed by atoms with E-state index in [1.54, 1.807) is 30.3 Å². The van der Waals surface area contributed by atoms with Crippen LogP contribution >= 0.6 is 0 Å². The number of aliphatic carboxylic acids is 1. The van der Waals surface area contributed by atoms with Crippen molar-refractivity contribution in [2.45, 2.75) is 12.6 Å². The Hall–Kier alpha value is -2.12. The molecule has 1 rings (SSSR count). The van der Waals surface area contributed by atoms with Gasteiger partial charge in [0.2, 0.25) is 0 Å². The van der Waals surface area contributed by atoms with Gasteiger partial charge in [0.15, 0.2) is 6.04 Å².